The van der Waals surface area contributed by atoms with Crippen LogP contribution in [0.2, 0.25) is 0 Å². The molecule has 2 aromatic rings. The van der Waals surface area contributed by atoms with E-state index in [0.717, 1.165) is 22.8 Å². The highest BCUT2D eigenvalue weighted by Gasteiger charge is 2.26. The van der Waals surface area contributed by atoms with E-state index >= 15 is 0 Å². The summed E-state index contributed by atoms with van der Waals surface area (Å²) in [7, 11) is 3.11. The molecule has 1 saturated heterocycles. The third-order valence-corrected chi connectivity index (χ3v) is 5.51. The van der Waals surface area contributed by atoms with Crippen molar-refractivity contribution >= 4 is 17.6 Å². The van der Waals surface area contributed by atoms with Gasteiger partial charge in [-0.05, 0) is 50.2 Å². The second-order valence-electron chi connectivity index (χ2n) is 7.92. The summed E-state index contributed by atoms with van der Waals surface area (Å²) < 4.78 is 10.1. The number of hydrogen-bond donors (Lipinski definition) is 0. The van der Waals surface area contributed by atoms with Crippen LogP contribution in [0.4, 0.5) is 5.82 Å². The van der Waals surface area contributed by atoms with Crippen LogP contribution < -0.4 is 9.64 Å². The van der Waals surface area contributed by atoms with Gasteiger partial charge >= 0.3 is 0 Å². The van der Waals surface area contributed by atoms with Crippen LogP contribution in [0, 0.1) is 0 Å². The van der Waals surface area contributed by atoms with Crippen LogP contribution in [0.25, 0.3) is 11.3 Å². The monoisotopic (exact) mass is 441 g/mol. The lowest BCUT2D eigenvalue weighted by Gasteiger charge is -2.36. The summed E-state index contributed by atoms with van der Waals surface area (Å²) in [6.45, 7) is 6.31. The van der Waals surface area contributed by atoms with Gasteiger partial charge < -0.3 is 24.2 Å². The zero-order chi connectivity index (χ0) is 23.1. The Hall–Kier alpha value is -3.20. The molecule has 2 heterocycles. The van der Waals surface area contributed by atoms with Gasteiger partial charge in [0.2, 0.25) is 11.8 Å². The molecule has 0 bridgehead atoms. The largest absolute Gasteiger partial charge is 0.497 e. The molecule has 3 rings (SSSR count). The van der Waals surface area contributed by atoms with Gasteiger partial charge in [0.25, 0.3) is 0 Å². The maximum atomic E-state index is 12.7. The third-order valence-electron chi connectivity index (χ3n) is 5.51. The third kappa shape index (κ3) is 5.73. The number of carbonyl (C=O) groups excluding carboxylic acids is 2. The maximum absolute atomic E-state index is 12.7. The van der Waals surface area contributed by atoms with Crippen LogP contribution in [0.5, 0.6) is 5.75 Å². The second kappa shape index (κ2) is 10.9. The normalized spacial score (nSPS) is 13.9. The molecule has 1 aromatic heterocycles. The average Bonchev–Trinajstić information content (AvgIpc) is 2.82. The number of anilines is 1. The molecule has 0 aliphatic carbocycles. The number of hydrogen-bond acceptors (Lipinski definition) is 7. The fourth-order valence-corrected chi connectivity index (χ4v) is 3.61. The molecule has 32 heavy (non-hydrogen) atoms. The molecule has 172 valence electrons. The summed E-state index contributed by atoms with van der Waals surface area (Å²) in [5.41, 5.74) is 1.76. The summed E-state index contributed by atoms with van der Waals surface area (Å²) >= 11 is 0. The number of ether oxygens (including phenoxy) is 2. The Morgan fingerprint density at radius 1 is 1.00 bits per heavy atom. The van der Waals surface area contributed by atoms with Gasteiger partial charge in [-0.25, -0.2) is 0 Å². The van der Waals surface area contributed by atoms with E-state index in [0.29, 0.717) is 26.2 Å². The van der Waals surface area contributed by atoms with Crippen molar-refractivity contribution in [1.82, 2.24) is 20.0 Å². The highest BCUT2D eigenvalue weighted by molar-refractivity contribution is 5.85. The molecular weight excluding hydrogens is 410 g/mol. The zero-order valence-electron chi connectivity index (χ0n) is 19.2. The molecule has 0 spiro atoms. The first-order valence-electron chi connectivity index (χ1n) is 10.7. The average molecular weight is 442 g/mol. The summed E-state index contributed by atoms with van der Waals surface area (Å²) in [6, 6.07) is 11.5. The van der Waals surface area contributed by atoms with Crippen molar-refractivity contribution in [2.75, 3.05) is 58.5 Å². The van der Waals surface area contributed by atoms with Crippen molar-refractivity contribution in [3.8, 4) is 17.0 Å². The second-order valence-corrected chi connectivity index (χ2v) is 7.92. The quantitative estimate of drug-likeness (QED) is 0.616. The minimum atomic E-state index is -0.179. The SMILES string of the molecule is COCC(=O)N(CC(=O)N1CCN(c2ccc(-c3ccc(OC)cc3)nn2)CC1)C(C)C. The Morgan fingerprint density at radius 2 is 1.69 bits per heavy atom. The van der Waals surface area contributed by atoms with E-state index in [9.17, 15) is 9.59 Å². The van der Waals surface area contributed by atoms with Crippen LogP contribution in [-0.4, -0.2) is 91.4 Å². The summed E-state index contributed by atoms with van der Waals surface area (Å²) in [5, 5.41) is 8.74. The molecule has 0 saturated carbocycles. The van der Waals surface area contributed by atoms with Crippen molar-refractivity contribution in [2.24, 2.45) is 0 Å². The molecule has 1 aliphatic heterocycles. The van der Waals surface area contributed by atoms with Gasteiger partial charge in [-0.3, -0.25) is 9.59 Å². The summed E-state index contributed by atoms with van der Waals surface area (Å²) in [4.78, 5) is 30.4. The first kappa shape index (κ1) is 23.5. The lowest BCUT2D eigenvalue weighted by Crippen LogP contribution is -2.53. The topological polar surface area (TPSA) is 88.1 Å². The van der Waals surface area contributed by atoms with Gasteiger partial charge in [-0.15, -0.1) is 10.2 Å². The predicted octanol–water partition coefficient (Wildman–Crippen LogP) is 1.68. The Bertz CT molecular complexity index is 894. The lowest BCUT2D eigenvalue weighted by molar-refractivity contribution is -0.144. The Morgan fingerprint density at radius 3 is 2.22 bits per heavy atom. The Balaban J connectivity index is 1.55. The Kier molecular flexibility index (Phi) is 7.99. The summed E-state index contributed by atoms with van der Waals surface area (Å²) in [5.74, 6) is 1.35. The fourth-order valence-electron chi connectivity index (χ4n) is 3.61. The van der Waals surface area contributed by atoms with Gasteiger partial charge in [-0.1, -0.05) is 0 Å². The van der Waals surface area contributed by atoms with Gasteiger partial charge in [0.05, 0.1) is 12.8 Å². The molecule has 1 aliphatic rings. The standard InChI is InChI=1S/C23H31N5O4/c1-17(2)28(23(30)16-31-3)15-22(29)27-13-11-26(12-14-27)21-10-9-20(24-25-21)18-5-7-19(32-4)8-6-18/h5-10,17H,11-16H2,1-4H3. The predicted molar refractivity (Wildman–Crippen MR) is 122 cm³/mol. The molecular formula is C23H31N5O4. The van der Waals surface area contributed by atoms with Gasteiger partial charge in [0.15, 0.2) is 5.82 Å². The number of nitrogens with zero attached hydrogens (tertiary/aromatic N) is 5. The van der Waals surface area contributed by atoms with Crippen molar-refractivity contribution in [1.29, 1.82) is 0 Å². The van der Waals surface area contributed by atoms with E-state index in [2.05, 4.69) is 15.1 Å². The highest BCUT2D eigenvalue weighted by Crippen LogP contribution is 2.22. The van der Waals surface area contributed by atoms with Crippen molar-refractivity contribution in [2.45, 2.75) is 19.9 Å². The van der Waals surface area contributed by atoms with Crippen molar-refractivity contribution in [3.63, 3.8) is 0 Å². The lowest BCUT2D eigenvalue weighted by atomic mass is 10.1. The van der Waals surface area contributed by atoms with Gasteiger partial charge in [0, 0.05) is 44.9 Å². The zero-order valence-corrected chi connectivity index (χ0v) is 19.2. The van der Waals surface area contributed by atoms with Crippen LogP contribution in [0.15, 0.2) is 36.4 Å². The van der Waals surface area contributed by atoms with E-state index < -0.39 is 0 Å². The first-order chi connectivity index (χ1) is 15.4. The van der Waals surface area contributed by atoms with E-state index in [-0.39, 0.29) is 31.0 Å². The van der Waals surface area contributed by atoms with Crippen molar-refractivity contribution < 1.29 is 19.1 Å². The number of piperazine rings is 1. The molecule has 0 unspecified atom stereocenters. The van der Waals surface area contributed by atoms with Crippen LogP contribution in [0.1, 0.15) is 13.8 Å². The molecule has 2 amide bonds. The molecule has 9 nitrogen and oxygen atoms in total. The fraction of sp³-hybridized carbons (Fsp3) is 0.478. The van der Waals surface area contributed by atoms with Crippen LogP contribution in [-0.2, 0) is 14.3 Å². The van der Waals surface area contributed by atoms with Gasteiger partial charge in [0.1, 0.15) is 18.9 Å². The number of carbonyl (C=O) groups is 2. The van der Waals surface area contributed by atoms with E-state index in [4.69, 9.17) is 9.47 Å². The van der Waals surface area contributed by atoms with E-state index in [1.54, 1.807) is 16.9 Å². The summed E-state index contributed by atoms with van der Waals surface area (Å²) in [6.07, 6.45) is 0. The molecule has 0 atom stereocenters. The minimum absolute atomic E-state index is 0.0234. The maximum Gasteiger partial charge on any atom is 0.249 e. The van der Waals surface area contributed by atoms with E-state index in [1.807, 2.05) is 50.2 Å². The Labute approximate surface area is 188 Å². The number of aromatic nitrogens is 2. The van der Waals surface area contributed by atoms with E-state index in [1.165, 1.54) is 7.11 Å². The number of methoxy groups -OCH3 is 2. The molecule has 1 fully saturated rings. The number of benzene rings is 1. The minimum Gasteiger partial charge on any atom is -0.497 e. The first-order valence-corrected chi connectivity index (χ1v) is 10.7. The van der Waals surface area contributed by atoms with Crippen molar-refractivity contribution in [3.05, 3.63) is 36.4 Å². The molecule has 0 radical (unpaired) electrons. The van der Waals surface area contributed by atoms with Crippen LogP contribution in [0.3, 0.4) is 0 Å². The molecule has 9 heteroatoms. The smallest absolute Gasteiger partial charge is 0.249 e. The van der Waals surface area contributed by atoms with Gasteiger partial charge in [-0.2, -0.15) is 0 Å². The highest BCUT2D eigenvalue weighted by atomic mass is 16.5. The number of rotatable bonds is 8. The number of amides is 2. The molecule has 1 aromatic carbocycles. The molecule has 0 N–H and O–H groups in total. The van der Waals surface area contributed by atoms with Crippen LogP contribution >= 0.6 is 0 Å².